The van der Waals surface area contributed by atoms with E-state index < -0.39 is 11.0 Å². The van der Waals surface area contributed by atoms with E-state index in [0.717, 1.165) is 0 Å². The second kappa shape index (κ2) is 5.45. The Bertz CT molecular complexity index is 581. The van der Waals surface area contributed by atoms with Crippen molar-refractivity contribution in [1.29, 1.82) is 0 Å². The van der Waals surface area contributed by atoms with Gasteiger partial charge in [-0.3, -0.25) is 10.1 Å². The fourth-order valence-electron chi connectivity index (χ4n) is 1.51. The molecule has 1 heterocycles. The number of nitro groups is 1. The molecule has 0 radical (unpaired) electrons. The number of pyridine rings is 1. The zero-order chi connectivity index (χ0) is 13.8. The van der Waals surface area contributed by atoms with Gasteiger partial charge in [-0.05, 0) is 24.6 Å². The molecule has 6 nitrogen and oxygen atoms in total. The second-order valence-electron chi connectivity index (χ2n) is 3.93. The van der Waals surface area contributed by atoms with Crippen LogP contribution in [0.3, 0.4) is 0 Å². The SMILES string of the molecule is CC(O)c1ccc(Oc2ccccc2[N+](=O)[O-])nc1. The summed E-state index contributed by atoms with van der Waals surface area (Å²) in [5.41, 5.74) is 0.527. The van der Waals surface area contributed by atoms with Gasteiger partial charge in [0.2, 0.25) is 11.6 Å². The first kappa shape index (κ1) is 13.0. The molecule has 0 amide bonds. The summed E-state index contributed by atoms with van der Waals surface area (Å²) in [5, 5.41) is 20.2. The number of para-hydroxylation sites is 2. The van der Waals surface area contributed by atoms with Gasteiger partial charge in [-0.1, -0.05) is 12.1 Å². The third-order valence-electron chi connectivity index (χ3n) is 2.52. The number of hydrogen-bond acceptors (Lipinski definition) is 5. The average molecular weight is 260 g/mol. The number of aromatic nitrogens is 1. The van der Waals surface area contributed by atoms with Crippen molar-refractivity contribution in [3.05, 3.63) is 58.3 Å². The summed E-state index contributed by atoms with van der Waals surface area (Å²) in [4.78, 5) is 14.3. The molecule has 1 aromatic carbocycles. The summed E-state index contributed by atoms with van der Waals surface area (Å²) in [6, 6.07) is 9.28. The average Bonchev–Trinajstić information content (AvgIpc) is 2.39. The van der Waals surface area contributed by atoms with E-state index in [0.29, 0.717) is 5.56 Å². The van der Waals surface area contributed by atoms with Gasteiger partial charge in [-0.25, -0.2) is 4.98 Å². The topological polar surface area (TPSA) is 85.5 Å². The molecule has 19 heavy (non-hydrogen) atoms. The van der Waals surface area contributed by atoms with Crippen molar-refractivity contribution >= 4 is 5.69 Å². The summed E-state index contributed by atoms with van der Waals surface area (Å²) in [6.45, 7) is 1.62. The van der Waals surface area contributed by atoms with Gasteiger partial charge in [0, 0.05) is 18.3 Å². The number of benzene rings is 1. The Morgan fingerprint density at radius 3 is 2.63 bits per heavy atom. The van der Waals surface area contributed by atoms with Crippen LogP contribution in [-0.4, -0.2) is 15.0 Å². The van der Waals surface area contributed by atoms with Gasteiger partial charge in [-0.15, -0.1) is 0 Å². The summed E-state index contributed by atoms with van der Waals surface area (Å²) >= 11 is 0. The zero-order valence-electron chi connectivity index (χ0n) is 10.2. The highest BCUT2D eigenvalue weighted by Gasteiger charge is 2.14. The maximum Gasteiger partial charge on any atom is 0.311 e. The number of hydrogen-bond donors (Lipinski definition) is 1. The minimum atomic E-state index is -0.618. The number of ether oxygens (including phenoxy) is 1. The summed E-state index contributed by atoms with van der Waals surface area (Å²) in [5.74, 6) is 0.364. The molecule has 0 fully saturated rings. The molecule has 1 aromatic heterocycles. The van der Waals surface area contributed by atoms with E-state index >= 15 is 0 Å². The predicted octanol–water partition coefficient (Wildman–Crippen LogP) is 2.84. The highest BCUT2D eigenvalue weighted by molar-refractivity contribution is 5.47. The quantitative estimate of drug-likeness (QED) is 0.674. The number of aliphatic hydroxyl groups is 1. The fourth-order valence-corrected chi connectivity index (χ4v) is 1.51. The van der Waals surface area contributed by atoms with Gasteiger partial charge >= 0.3 is 5.69 Å². The molecule has 0 spiro atoms. The standard InChI is InChI=1S/C13H12N2O4/c1-9(16)10-6-7-13(14-8-10)19-12-5-3-2-4-11(12)15(17)18/h2-9,16H,1H3. The molecule has 0 aliphatic carbocycles. The lowest BCUT2D eigenvalue weighted by Gasteiger charge is -2.07. The third-order valence-corrected chi connectivity index (χ3v) is 2.52. The number of rotatable bonds is 4. The lowest BCUT2D eigenvalue weighted by atomic mass is 10.2. The van der Waals surface area contributed by atoms with Crippen molar-refractivity contribution in [1.82, 2.24) is 4.98 Å². The van der Waals surface area contributed by atoms with Gasteiger partial charge < -0.3 is 9.84 Å². The van der Waals surface area contributed by atoms with Crippen LogP contribution in [0.25, 0.3) is 0 Å². The van der Waals surface area contributed by atoms with Crippen LogP contribution in [0.2, 0.25) is 0 Å². The van der Waals surface area contributed by atoms with Gasteiger partial charge in [0.1, 0.15) is 0 Å². The number of nitro benzene ring substituents is 1. The Morgan fingerprint density at radius 2 is 2.05 bits per heavy atom. The van der Waals surface area contributed by atoms with E-state index in [9.17, 15) is 15.2 Å². The van der Waals surface area contributed by atoms with Crippen LogP contribution in [0.1, 0.15) is 18.6 Å². The molecule has 1 N–H and O–H groups in total. The number of aliphatic hydroxyl groups excluding tert-OH is 1. The van der Waals surface area contributed by atoms with Crippen molar-refractivity contribution in [2.24, 2.45) is 0 Å². The normalized spacial score (nSPS) is 11.9. The first-order valence-corrected chi connectivity index (χ1v) is 5.63. The molecular weight excluding hydrogens is 248 g/mol. The molecule has 2 aromatic rings. The molecule has 0 aliphatic rings. The first-order chi connectivity index (χ1) is 9.08. The molecular formula is C13H12N2O4. The van der Waals surface area contributed by atoms with Gasteiger partial charge in [0.25, 0.3) is 0 Å². The van der Waals surface area contributed by atoms with Crippen LogP contribution in [0, 0.1) is 10.1 Å². The van der Waals surface area contributed by atoms with E-state index in [1.807, 2.05) is 0 Å². The van der Waals surface area contributed by atoms with Crippen LogP contribution in [-0.2, 0) is 0 Å². The van der Waals surface area contributed by atoms with E-state index in [1.165, 1.54) is 18.3 Å². The zero-order valence-corrected chi connectivity index (χ0v) is 10.2. The van der Waals surface area contributed by atoms with Crippen LogP contribution in [0.15, 0.2) is 42.6 Å². The monoisotopic (exact) mass is 260 g/mol. The van der Waals surface area contributed by atoms with Crippen molar-refractivity contribution in [3.8, 4) is 11.6 Å². The minimum Gasteiger partial charge on any atom is -0.432 e. The Morgan fingerprint density at radius 1 is 1.32 bits per heavy atom. The lowest BCUT2D eigenvalue weighted by molar-refractivity contribution is -0.385. The third kappa shape index (κ3) is 3.05. The second-order valence-corrected chi connectivity index (χ2v) is 3.93. The van der Waals surface area contributed by atoms with Crippen LogP contribution in [0.4, 0.5) is 5.69 Å². The molecule has 98 valence electrons. The molecule has 1 atom stereocenters. The smallest absolute Gasteiger partial charge is 0.311 e. The van der Waals surface area contributed by atoms with E-state index in [1.54, 1.807) is 31.2 Å². The van der Waals surface area contributed by atoms with Crippen LogP contribution in [0.5, 0.6) is 11.6 Å². The minimum absolute atomic E-state index is 0.121. The molecule has 2 rings (SSSR count). The van der Waals surface area contributed by atoms with Crippen molar-refractivity contribution < 1.29 is 14.8 Å². The molecule has 0 saturated heterocycles. The summed E-state index contributed by atoms with van der Waals surface area (Å²) in [7, 11) is 0. The first-order valence-electron chi connectivity index (χ1n) is 5.63. The lowest BCUT2D eigenvalue weighted by Crippen LogP contribution is -1.96. The fraction of sp³-hybridized carbons (Fsp3) is 0.154. The summed E-state index contributed by atoms with van der Waals surface area (Å²) in [6.07, 6.45) is 0.849. The highest BCUT2D eigenvalue weighted by atomic mass is 16.6. The summed E-state index contributed by atoms with van der Waals surface area (Å²) < 4.78 is 5.37. The van der Waals surface area contributed by atoms with Crippen molar-refractivity contribution in [2.45, 2.75) is 13.0 Å². The Kier molecular flexibility index (Phi) is 3.72. The Balaban J connectivity index is 2.24. The maximum absolute atomic E-state index is 10.8. The van der Waals surface area contributed by atoms with Crippen LogP contribution < -0.4 is 4.74 Å². The molecule has 0 bridgehead atoms. The molecule has 0 saturated carbocycles. The van der Waals surface area contributed by atoms with Crippen LogP contribution >= 0.6 is 0 Å². The largest absolute Gasteiger partial charge is 0.432 e. The number of nitrogens with zero attached hydrogens (tertiary/aromatic N) is 2. The predicted molar refractivity (Wildman–Crippen MR) is 68.0 cm³/mol. The van der Waals surface area contributed by atoms with Gasteiger partial charge in [0.15, 0.2) is 0 Å². The molecule has 1 unspecified atom stereocenters. The molecule has 6 heteroatoms. The molecule has 0 aliphatic heterocycles. The van der Waals surface area contributed by atoms with Gasteiger partial charge in [-0.2, -0.15) is 0 Å². The van der Waals surface area contributed by atoms with Crippen molar-refractivity contribution in [2.75, 3.05) is 0 Å². The van der Waals surface area contributed by atoms with Crippen molar-refractivity contribution in [3.63, 3.8) is 0 Å². The van der Waals surface area contributed by atoms with E-state index in [2.05, 4.69) is 4.98 Å². The Labute approximate surface area is 109 Å². The Hall–Kier alpha value is -2.47. The van der Waals surface area contributed by atoms with E-state index in [4.69, 9.17) is 4.74 Å². The maximum atomic E-state index is 10.8. The van der Waals surface area contributed by atoms with E-state index in [-0.39, 0.29) is 17.3 Å². The highest BCUT2D eigenvalue weighted by Crippen LogP contribution is 2.30. The van der Waals surface area contributed by atoms with Gasteiger partial charge in [0.05, 0.1) is 11.0 Å².